The zero-order chi connectivity index (χ0) is 26.3. The number of piperidine rings is 2. The minimum Gasteiger partial charge on any atom is -0.469 e. The lowest BCUT2D eigenvalue weighted by molar-refractivity contribution is -0.142. The molecule has 2 saturated heterocycles. The van der Waals surface area contributed by atoms with Crippen LogP contribution >= 0.6 is 0 Å². The van der Waals surface area contributed by atoms with E-state index in [1.54, 1.807) is 4.90 Å². The molecular formula is C27H45N3O6. The summed E-state index contributed by atoms with van der Waals surface area (Å²) in [7, 11) is 1.42. The van der Waals surface area contributed by atoms with Crippen LogP contribution in [0.1, 0.15) is 85.0 Å². The molecule has 0 unspecified atom stereocenters. The largest absolute Gasteiger partial charge is 0.469 e. The van der Waals surface area contributed by atoms with Gasteiger partial charge in [0.15, 0.2) is 0 Å². The van der Waals surface area contributed by atoms with Gasteiger partial charge in [0.1, 0.15) is 5.60 Å². The monoisotopic (exact) mass is 507 g/mol. The summed E-state index contributed by atoms with van der Waals surface area (Å²) in [6.45, 7) is 8.16. The number of nitrogens with zero attached hydrogens (tertiary/aromatic N) is 2. The van der Waals surface area contributed by atoms with Crippen molar-refractivity contribution >= 4 is 23.9 Å². The van der Waals surface area contributed by atoms with Gasteiger partial charge in [0.25, 0.3) is 0 Å². The number of hydrogen-bond donors (Lipinski definition) is 1. The van der Waals surface area contributed by atoms with E-state index in [2.05, 4.69) is 5.32 Å². The fourth-order valence-electron chi connectivity index (χ4n) is 5.58. The molecule has 0 spiro atoms. The molecular weight excluding hydrogens is 462 g/mol. The highest BCUT2D eigenvalue weighted by Crippen LogP contribution is 2.30. The second-order valence-corrected chi connectivity index (χ2v) is 11.7. The van der Waals surface area contributed by atoms with Gasteiger partial charge in [0.2, 0.25) is 11.8 Å². The first-order valence-electron chi connectivity index (χ1n) is 13.7. The Kier molecular flexibility index (Phi) is 10.0. The molecule has 3 fully saturated rings. The van der Waals surface area contributed by atoms with Crippen LogP contribution in [0.5, 0.6) is 0 Å². The Morgan fingerprint density at radius 2 is 1.39 bits per heavy atom. The molecule has 9 nitrogen and oxygen atoms in total. The molecule has 204 valence electrons. The molecule has 0 aromatic rings. The summed E-state index contributed by atoms with van der Waals surface area (Å²) in [6.07, 6.45) is 7.43. The molecule has 9 heteroatoms. The molecule has 3 aliphatic rings. The molecule has 0 aromatic carbocycles. The van der Waals surface area contributed by atoms with Crippen LogP contribution in [0.25, 0.3) is 0 Å². The van der Waals surface area contributed by atoms with E-state index in [9.17, 15) is 19.2 Å². The fourth-order valence-corrected chi connectivity index (χ4v) is 5.58. The molecule has 36 heavy (non-hydrogen) atoms. The Morgan fingerprint density at radius 3 is 1.94 bits per heavy atom. The van der Waals surface area contributed by atoms with Gasteiger partial charge in [0.05, 0.1) is 7.11 Å². The number of rotatable bonds is 6. The van der Waals surface area contributed by atoms with Crippen LogP contribution < -0.4 is 5.32 Å². The van der Waals surface area contributed by atoms with E-state index in [4.69, 9.17) is 9.47 Å². The van der Waals surface area contributed by atoms with Crippen LogP contribution in [0.2, 0.25) is 0 Å². The van der Waals surface area contributed by atoms with Gasteiger partial charge in [-0.2, -0.15) is 0 Å². The predicted octanol–water partition coefficient (Wildman–Crippen LogP) is 3.50. The Balaban J connectivity index is 1.33. The number of amides is 3. The smallest absolute Gasteiger partial charge is 0.410 e. The number of hydrogen-bond acceptors (Lipinski definition) is 6. The van der Waals surface area contributed by atoms with Crippen molar-refractivity contribution in [1.29, 1.82) is 0 Å². The molecule has 1 N–H and O–H groups in total. The minimum absolute atomic E-state index is 0.0434. The maximum Gasteiger partial charge on any atom is 0.410 e. The topological polar surface area (TPSA) is 105 Å². The molecule has 0 aromatic heterocycles. The van der Waals surface area contributed by atoms with Gasteiger partial charge in [-0.05, 0) is 84.5 Å². The number of likely N-dealkylation sites (tertiary alicyclic amines) is 2. The lowest BCUT2D eigenvalue weighted by atomic mass is 9.83. The van der Waals surface area contributed by atoms with Crippen LogP contribution in [0, 0.1) is 17.8 Å². The Hall–Kier alpha value is -2.32. The van der Waals surface area contributed by atoms with Crippen LogP contribution in [-0.4, -0.2) is 78.6 Å². The SMILES string of the molecule is COC(=O)CCC1CCN(C(=O)C2CCC(NC(=O)C3CCN(C(=O)OC(C)(C)C)CC3)CC2)CC1. The van der Waals surface area contributed by atoms with Crippen molar-refractivity contribution in [3.05, 3.63) is 0 Å². The number of nitrogens with one attached hydrogen (secondary N) is 1. The van der Waals surface area contributed by atoms with Gasteiger partial charge in [-0.25, -0.2) is 4.79 Å². The van der Waals surface area contributed by atoms with Gasteiger partial charge in [-0.3, -0.25) is 14.4 Å². The number of carbonyl (C=O) groups excluding carboxylic acids is 4. The van der Waals surface area contributed by atoms with Gasteiger partial charge in [0, 0.05) is 50.5 Å². The molecule has 2 heterocycles. The lowest BCUT2D eigenvalue weighted by Gasteiger charge is -2.37. The number of methoxy groups -OCH3 is 1. The van der Waals surface area contributed by atoms with Crippen LogP contribution in [0.3, 0.4) is 0 Å². The van der Waals surface area contributed by atoms with Crippen molar-refractivity contribution in [3.8, 4) is 0 Å². The molecule has 0 atom stereocenters. The third-order valence-corrected chi connectivity index (χ3v) is 7.85. The quantitative estimate of drug-likeness (QED) is 0.552. The van der Waals surface area contributed by atoms with Crippen molar-refractivity contribution in [2.24, 2.45) is 17.8 Å². The molecule has 1 saturated carbocycles. The highest BCUT2D eigenvalue weighted by Gasteiger charge is 2.34. The number of esters is 1. The summed E-state index contributed by atoms with van der Waals surface area (Å²) in [4.78, 5) is 53.2. The molecule has 3 rings (SSSR count). The van der Waals surface area contributed by atoms with E-state index < -0.39 is 5.60 Å². The van der Waals surface area contributed by atoms with E-state index in [1.165, 1.54) is 7.11 Å². The van der Waals surface area contributed by atoms with Gasteiger partial charge in [-0.1, -0.05) is 0 Å². The summed E-state index contributed by atoms with van der Waals surface area (Å²) < 4.78 is 10.2. The average Bonchev–Trinajstić information content (AvgIpc) is 2.86. The van der Waals surface area contributed by atoms with Crippen molar-refractivity contribution in [2.45, 2.75) is 96.6 Å². The summed E-state index contributed by atoms with van der Waals surface area (Å²) in [5, 5.41) is 3.21. The second-order valence-electron chi connectivity index (χ2n) is 11.7. The van der Waals surface area contributed by atoms with Crippen molar-refractivity contribution in [1.82, 2.24) is 15.1 Å². The normalized spacial score (nSPS) is 24.2. The molecule has 1 aliphatic carbocycles. The Morgan fingerprint density at radius 1 is 0.806 bits per heavy atom. The van der Waals surface area contributed by atoms with E-state index in [0.29, 0.717) is 38.3 Å². The van der Waals surface area contributed by atoms with E-state index in [-0.39, 0.29) is 41.8 Å². The third-order valence-electron chi connectivity index (χ3n) is 7.85. The lowest BCUT2D eigenvalue weighted by Crippen LogP contribution is -2.48. The predicted molar refractivity (Wildman–Crippen MR) is 135 cm³/mol. The van der Waals surface area contributed by atoms with Gasteiger partial charge < -0.3 is 24.6 Å². The molecule has 2 aliphatic heterocycles. The van der Waals surface area contributed by atoms with Crippen molar-refractivity contribution in [2.75, 3.05) is 33.3 Å². The summed E-state index contributed by atoms with van der Waals surface area (Å²) >= 11 is 0. The van der Waals surface area contributed by atoms with E-state index in [1.807, 2.05) is 25.7 Å². The summed E-state index contributed by atoms with van der Waals surface area (Å²) in [5.41, 5.74) is -0.520. The summed E-state index contributed by atoms with van der Waals surface area (Å²) in [5.74, 6) is 0.604. The fraction of sp³-hybridized carbons (Fsp3) is 0.852. The highest BCUT2D eigenvalue weighted by atomic mass is 16.6. The third kappa shape index (κ3) is 8.37. The second kappa shape index (κ2) is 12.8. The van der Waals surface area contributed by atoms with Crippen molar-refractivity contribution in [3.63, 3.8) is 0 Å². The first-order chi connectivity index (χ1) is 17.1. The zero-order valence-corrected chi connectivity index (χ0v) is 22.6. The van der Waals surface area contributed by atoms with Crippen molar-refractivity contribution < 1.29 is 28.7 Å². The van der Waals surface area contributed by atoms with E-state index in [0.717, 1.165) is 58.0 Å². The minimum atomic E-state index is -0.520. The first kappa shape index (κ1) is 28.3. The maximum absolute atomic E-state index is 13.0. The molecule has 0 radical (unpaired) electrons. The van der Waals surface area contributed by atoms with Crippen LogP contribution in [0.15, 0.2) is 0 Å². The zero-order valence-electron chi connectivity index (χ0n) is 22.6. The number of ether oxygens (including phenoxy) is 2. The standard InChI is InChI=1S/C27H45N3O6/c1-27(2,3)36-26(34)30-17-13-20(14-18-30)24(32)28-22-8-6-21(7-9-22)25(33)29-15-11-19(12-16-29)5-10-23(31)35-4/h19-22H,5-18H2,1-4H3,(H,28,32). The van der Waals surface area contributed by atoms with Crippen LogP contribution in [-0.2, 0) is 23.9 Å². The average molecular weight is 508 g/mol. The first-order valence-corrected chi connectivity index (χ1v) is 13.7. The summed E-state index contributed by atoms with van der Waals surface area (Å²) in [6, 6.07) is 0.120. The number of carbonyl (C=O) groups is 4. The molecule has 0 bridgehead atoms. The van der Waals surface area contributed by atoms with Gasteiger partial charge >= 0.3 is 12.1 Å². The van der Waals surface area contributed by atoms with E-state index >= 15 is 0 Å². The molecule has 3 amide bonds. The maximum atomic E-state index is 13.0. The Labute approximate surface area is 215 Å². The van der Waals surface area contributed by atoms with Gasteiger partial charge in [-0.15, -0.1) is 0 Å². The van der Waals surface area contributed by atoms with Crippen LogP contribution in [0.4, 0.5) is 4.79 Å². The highest BCUT2D eigenvalue weighted by molar-refractivity contribution is 5.80. The Bertz CT molecular complexity index is 771.